The fraction of sp³-hybridized carbons (Fsp3) is 0.400. The van der Waals surface area contributed by atoms with E-state index in [2.05, 4.69) is 20.7 Å². The van der Waals surface area contributed by atoms with E-state index in [0.29, 0.717) is 31.0 Å². The maximum atomic E-state index is 14.2. The molecule has 0 spiro atoms. The number of esters is 1. The van der Waals surface area contributed by atoms with Gasteiger partial charge in [-0.25, -0.2) is 13.6 Å². The molecule has 11 heteroatoms. The molecule has 2 heterocycles. The van der Waals surface area contributed by atoms with Crippen LogP contribution in [0.15, 0.2) is 59.1 Å². The lowest BCUT2D eigenvalue weighted by Crippen LogP contribution is -2.56. The van der Waals surface area contributed by atoms with E-state index in [0.717, 1.165) is 31.5 Å². The van der Waals surface area contributed by atoms with Gasteiger partial charge in [-0.15, -0.1) is 0 Å². The van der Waals surface area contributed by atoms with E-state index in [4.69, 9.17) is 9.26 Å². The molecule has 0 radical (unpaired) electrons. The van der Waals surface area contributed by atoms with Crippen LogP contribution in [0, 0.1) is 23.5 Å². The van der Waals surface area contributed by atoms with Crippen LogP contribution in [-0.4, -0.2) is 60.1 Å². The van der Waals surface area contributed by atoms with Gasteiger partial charge in [-0.1, -0.05) is 35.5 Å². The van der Waals surface area contributed by atoms with E-state index in [1.54, 1.807) is 31.2 Å². The highest BCUT2D eigenvalue weighted by Gasteiger charge is 2.39. The van der Waals surface area contributed by atoms with Crippen molar-refractivity contribution in [2.24, 2.45) is 11.8 Å². The molecule has 3 atom stereocenters. The first-order valence-corrected chi connectivity index (χ1v) is 13.8. The highest BCUT2D eigenvalue weighted by Crippen LogP contribution is 2.32. The highest BCUT2D eigenvalue weighted by atomic mass is 19.1. The topological polar surface area (TPSA) is 114 Å². The summed E-state index contributed by atoms with van der Waals surface area (Å²) in [6.45, 7) is 3.83. The third kappa shape index (κ3) is 6.97. The highest BCUT2D eigenvalue weighted by molar-refractivity contribution is 5.94. The molecule has 3 aromatic rings. The Bertz CT molecular complexity index is 1390. The van der Waals surface area contributed by atoms with Crippen LogP contribution in [0.4, 0.5) is 8.78 Å². The van der Waals surface area contributed by atoms with Crippen molar-refractivity contribution in [3.63, 3.8) is 0 Å². The molecule has 216 valence electrons. The van der Waals surface area contributed by atoms with Gasteiger partial charge in [0.2, 0.25) is 5.91 Å². The summed E-state index contributed by atoms with van der Waals surface area (Å²) in [6.07, 6.45) is 2.83. The minimum atomic E-state index is -0.998. The molecule has 2 fully saturated rings. The Labute approximate surface area is 236 Å². The molecular weight excluding hydrogens is 534 g/mol. The third-order valence-corrected chi connectivity index (χ3v) is 7.44. The second kappa shape index (κ2) is 12.6. The maximum absolute atomic E-state index is 14.2. The van der Waals surface area contributed by atoms with E-state index in [1.807, 2.05) is 6.07 Å². The number of carbonyl (C=O) groups is 3. The molecule has 9 nitrogen and oxygen atoms in total. The van der Waals surface area contributed by atoms with Crippen LogP contribution in [0.5, 0.6) is 0 Å². The van der Waals surface area contributed by atoms with Crippen molar-refractivity contribution >= 4 is 17.8 Å². The van der Waals surface area contributed by atoms with Crippen molar-refractivity contribution in [1.82, 2.24) is 20.7 Å². The fourth-order valence-corrected chi connectivity index (χ4v) is 5.13. The van der Waals surface area contributed by atoms with Gasteiger partial charge in [-0.3, -0.25) is 9.59 Å². The molecule has 0 bridgehead atoms. The van der Waals surface area contributed by atoms with Gasteiger partial charge in [0.15, 0.2) is 17.5 Å². The van der Waals surface area contributed by atoms with Crippen LogP contribution >= 0.6 is 0 Å². The van der Waals surface area contributed by atoms with Crippen molar-refractivity contribution in [2.45, 2.75) is 38.3 Å². The fourth-order valence-electron chi connectivity index (χ4n) is 5.13. The summed E-state index contributed by atoms with van der Waals surface area (Å²) in [4.78, 5) is 41.9. The van der Waals surface area contributed by atoms with Crippen molar-refractivity contribution < 1.29 is 32.4 Å². The minimum absolute atomic E-state index is 0.0265. The lowest BCUT2D eigenvalue weighted by Gasteiger charge is -2.38. The number of nitrogens with one attached hydrogen (secondary N) is 2. The summed E-state index contributed by atoms with van der Waals surface area (Å²) < 4.78 is 37.9. The van der Waals surface area contributed by atoms with E-state index in [1.165, 1.54) is 12.1 Å². The third-order valence-electron chi connectivity index (χ3n) is 7.44. The number of rotatable bonds is 10. The number of aromatic nitrogens is 1. The molecule has 1 aliphatic heterocycles. The Morgan fingerprint density at radius 2 is 1.88 bits per heavy atom. The van der Waals surface area contributed by atoms with Gasteiger partial charge < -0.3 is 24.8 Å². The summed E-state index contributed by atoms with van der Waals surface area (Å²) in [5.74, 6) is -3.20. The number of piperidine rings is 1. The van der Waals surface area contributed by atoms with E-state index < -0.39 is 41.5 Å². The van der Waals surface area contributed by atoms with Gasteiger partial charge in [0.1, 0.15) is 11.6 Å². The molecule has 1 aromatic heterocycles. The first-order valence-electron chi connectivity index (χ1n) is 13.8. The Balaban J connectivity index is 1.33. The number of likely N-dealkylation sites (tertiary alicyclic amines) is 1. The SMILES string of the molecule is CCOC(=O)C(NC(=O)[C@H]1CN(CC2CC2)CC[C@@H]1NC(=O)c1cc(-c2ccc(F)cc2F)on1)c1ccccc1. The second-order valence-electron chi connectivity index (χ2n) is 10.5. The molecular formula is C30H32F2N4O5. The van der Waals surface area contributed by atoms with Crippen molar-refractivity contribution in [1.29, 1.82) is 0 Å². The van der Waals surface area contributed by atoms with Gasteiger partial charge in [-0.2, -0.15) is 0 Å². The van der Waals surface area contributed by atoms with Gasteiger partial charge in [0, 0.05) is 37.8 Å². The molecule has 41 heavy (non-hydrogen) atoms. The van der Waals surface area contributed by atoms with Crippen LogP contribution in [-0.2, 0) is 14.3 Å². The lowest BCUT2D eigenvalue weighted by molar-refractivity contribution is -0.148. The van der Waals surface area contributed by atoms with Gasteiger partial charge in [0.05, 0.1) is 18.1 Å². The smallest absolute Gasteiger partial charge is 0.333 e. The predicted octanol–water partition coefficient (Wildman–Crippen LogP) is 3.87. The zero-order chi connectivity index (χ0) is 28.9. The van der Waals surface area contributed by atoms with Crippen LogP contribution < -0.4 is 10.6 Å². The zero-order valence-corrected chi connectivity index (χ0v) is 22.6. The normalized spacial score (nSPS) is 19.8. The number of hydrogen-bond acceptors (Lipinski definition) is 7. The van der Waals surface area contributed by atoms with Crippen molar-refractivity contribution in [3.8, 4) is 11.3 Å². The van der Waals surface area contributed by atoms with Crippen molar-refractivity contribution in [2.75, 3.05) is 26.2 Å². The van der Waals surface area contributed by atoms with Crippen LogP contribution in [0.25, 0.3) is 11.3 Å². The number of hydrogen-bond donors (Lipinski definition) is 2. The molecule has 1 saturated heterocycles. The Hall–Kier alpha value is -4.12. The summed E-state index contributed by atoms with van der Waals surface area (Å²) >= 11 is 0. The molecule has 1 aliphatic carbocycles. The average molecular weight is 567 g/mol. The van der Waals surface area contributed by atoms with Gasteiger partial charge in [0.25, 0.3) is 5.91 Å². The van der Waals surface area contributed by atoms with Crippen LogP contribution in [0.3, 0.4) is 0 Å². The monoisotopic (exact) mass is 566 g/mol. The quantitative estimate of drug-likeness (QED) is 0.358. The molecule has 2 aromatic carbocycles. The average Bonchev–Trinajstić information content (AvgIpc) is 3.64. The molecule has 2 N–H and O–H groups in total. The summed E-state index contributed by atoms with van der Waals surface area (Å²) in [5, 5.41) is 9.52. The van der Waals surface area contributed by atoms with E-state index in [-0.39, 0.29) is 29.5 Å². The standard InChI is InChI=1S/C30H32F2N4O5/c1-2-40-30(39)27(19-6-4-3-5-7-19)34-28(37)22-17-36(16-18-8-9-18)13-12-24(22)33-29(38)25-15-26(41-35-25)21-11-10-20(31)14-23(21)32/h3-7,10-11,14-15,18,22,24,27H,2,8-9,12-13,16-17H2,1H3,(H,33,38)(H,34,37)/t22-,24-,27?/m0/s1. The molecule has 1 saturated carbocycles. The summed E-state index contributed by atoms with van der Waals surface area (Å²) in [7, 11) is 0. The molecule has 5 rings (SSSR count). The van der Waals surface area contributed by atoms with Crippen molar-refractivity contribution in [3.05, 3.63) is 77.5 Å². The van der Waals surface area contributed by atoms with Crippen LogP contribution in [0.1, 0.15) is 48.3 Å². The predicted molar refractivity (Wildman–Crippen MR) is 144 cm³/mol. The molecule has 2 amide bonds. The Kier molecular flexibility index (Phi) is 8.72. The Morgan fingerprint density at radius 3 is 2.59 bits per heavy atom. The number of amides is 2. The zero-order valence-electron chi connectivity index (χ0n) is 22.6. The first kappa shape index (κ1) is 28.4. The number of ether oxygens (including phenoxy) is 1. The summed E-state index contributed by atoms with van der Waals surface area (Å²) in [6, 6.07) is 11.6. The molecule has 2 aliphatic rings. The van der Waals surface area contributed by atoms with Gasteiger partial charge in [-0.05, 0) is 49.8 Å². The van der Waals surface area contributed by atoms with Crippen LogP contribution in [0.2, 0.25) is 0 Å². The number of carbonyl (C=O) groups excluding carboxylic acids is 3. The first-order chi connectivity index (χ1) is 19.8. The summed E-state index contributed by atoms with van der Waals surface area (Å²) in [5.41, 5.74) is 0.458. The molecule has 1 unspecified atom stereocenters. The maximum Gasteiger partial charge on any atom is 0.333 e. The number of nitrogens with zero attached hydrogens (tertiary/aromatic N) is 2. The van der Waals surface area contributed by atoms with E-state index in [9.17, 15) is 23.2 Å². The Morgan fingerprint density at radius 1 is 1.10 bits per heavy atom. The second-order valence-corrected chi connectivity index (χ2v) is 10.5. The number of benzene rings is 2. The lowest BCUT2D eigenvalue weighted by atomic mass is 9.90. The van der Waals surface area contributed by atoms with Gasteiger partial charge >= 0.3 is 5.97 Å². The minimum Gasteiger partial charge on any atom is -0.464 e. The largest absolute Gasteiger partial charge is 0.464 e. The number of halogens is 2. The van der Waals surface area contributed by atoms with E-state index >= 15 is 0 Å².